The SMILES string of the molecule is COc1ccc(C(=O)N2CCN(c3ccc([N+](=O)[O-])cc3)CC2)cc1S(=O)(=O)NC(C)C. The highest BCUT2D eigenvalue weighted by Gasteiger charge is 2.26. The molecule has 1 N–H and O–H groups in total. The van der Waals surface area contributed by atoms with E-state index in [1.54, 1.807) is 36.9 Å². The maximum atomic E-state index is 13.0. The molecule has 1 fully saturated rings. The molecule has 0 aromatic heterocycles. The van der Waals surface area contributed by atoms with Crippen molar-refractivity contribution in [2.75, 3.05) is 38.2 Å². The van der Waals surface area contributed by atoms with Crippen LogP contribution in [0.2, 0.25) is 0 Å². The highest BCUT2D eigenvalue weighted by molar-refractivity contribution is 7.89. The second-order valence-corrected chi connectivity index (χ2v) is 9.38. The number of methoxy groups -OCH3 is 1. The molecule has 0 radical (unpaired) electrons. The number of hydrogen-bond donors (Lipinski definition) is 1. The third kappa shape index (κ3) is 5.17. The van der Waals surface area contributed by atoms with Crippen LogP contribution in [0, 0.1) is 10.1 Å². The Morgan fingerprint density at radius 1 is 1.09 bits per heavy atom. The van der Waals surface area contributed by atoms with Crippen LogP contribution in [0.25, 0.3) is 0 Å². The van der Waals surface area contributed by atoms with E-state index in [0.717, 1.165) is 5.69 Å². The van der Waals surface area contributed by atoms with E-state index in [1.807, 2.05) is 4.90 Å². The lowest BCUT2D eigenvalue weighted by atomic mass is 10.1. The Bertz CT molecular complexity index is 1090. The first-order valence-corrected chi connectivity index (χ1v) is 11.6. The summed E-state index contributed by atoms with van der Waals surface area (Å²) in [5.74, 6) is -0.102. The largest absolute Gasteiger partial charge is 0.495 e. The van der Waals surface area contributed by atoms with Crippen molar-refractivity contribution in [3.63, 3.8) is 0 Å². The Hall–Kier alpha value is -3.18. The molecule has 0 aliphatic carbocycles. The van der Waals surface area contributed by atoms with Gasteiger partial charge in [0.05, 0.1) is 12.0 Å². The van der Waals surface area contributed by atoms with Gasteiger partial charge in [0.15, 0.2) is 0 Å². The number of anilines is 1. The normalized spacial score (nSPS) is 14.5. The summed E-state index contributed by atoms with van der Waals surface area (Å²) < 4.78 is 33.0. The number of carbonyl (C=O) groups is 1. The highest BCUT2D eigenvalue weighted by atomic mass is 32.2. The predicted molar refractivity (Wildman–Crippen MR) is 120 cm³/mol. The van der Waals surface area contributed by atoms with Crippen LogP contribution >= 0.6 is 0 Å². The summed E-state index contributed by atoms with van der Waals surface area (Å²) in [4.78, 5) is 27.0. The fourth-order valence-corrected chi connectivity index (χ4v) is 4.97. The molecule has 0 spiro atoms. The van der Waals surface area contributed by atoms with E-state index in [2.05, 4.69) is 4.72 Å². The third-order valence-corrected chi connectivity index (χ3v) is 6.76. The number of carbonyl (C=O) groups excluding carboxylic acids is 1. The standard InChI is InChI=1S/C21H26N4O6S/c1-15(2)22-32(29,30)20-14-16(4-9-19(20)31-3)21(26)24-12-10-23(11-13-24)17-5-7-18(8-6-17)25(27)28/h4-9,14-15,22H,10-13H2,1-3H3. The van der Waals surface area contributed by atoms with Gasteiger partial charge in [0.25, 0.3) is 11.6 Å². The van der Waals surface area contributed by atoms with Crippen LogP contribution in [-0.4, -0.2) is 63.5 Å². The van der Waals surface area contributed by atoms with Crippen LogP contribution in [0.5, 0.6) is 5.75 Å². The van der Waals surface area contributed by atoms with Crippen molar-refractivity contribution in [1.82, 2.24) is 9.62 Å². The number of nitrogens with one attached hydrogen (secondary N) is 1. The molecule has 1 amide bonds. The molecule has 1 aliphatic heterocycles. The maximum absolute atomic E-state index is 13.0. The van der Waals surface area contributed by atoms with Gasteiger partial charge in [-0.25, -0.2) is 13.1 Å². The number of hydrogen-bond acceptors (Lipinski definition) is 7. The Morgan fingerprint density at radius 3 is 2.25 bits per heavy atom. The van der Waals surface area contributed by atoms with Gasteiger partial charge >= 0.3 is 0 Å². The number of ether oxygens (including phenoxy) is 1. The van der Waals surface area contributed by atoms with Crippen molar-refractivity contribution < 1.29 is 22.9 Å². The number of sulfonamides is 1. The quantitative estimate of drug-likeness (QED) is 0.495. The number of rotatable bonds is 7. The number of nitro benzene ring substituents is 1. The Labute approximate surface area is 187 Å². The van der Waals surface area contributed by atoms with E-state index < -0.39 is 14.9 Å². The first-order valence-electron chi connectivity index (χ1n) is 10.1. The maximum Gasteiger partial charge on any atom is 0.269 e. The summed E-state index contributed by atoms with van der Waals surface area (Å²) >= 11 is 0. The molecule has 1 saturated heterocycles. The van der Waals surface area contributed by atoms with Crippen molar-refractivity contribution in [3.8, 4) is 5.75 Å². The van der Waals surface area contributed by atoms with Crippen LogP contribution in [0.15, 0.2) is 47.4 Å². The topological polar surface area (TPSA) is 122 Å². The minimum absolute atomic E-state index is 0.0276. The van der Waals surface area contributed by atoms with E-state index in [1.165, 1.54) is 31.4 Å². The molecule has 1 aliphatic rings. The summed E-state index contributed by atoms with van der Waals surface area (Å²) in [6.07, 6.45) is 0. The second kappa shape index (κ2) is 9.53. The molecule has 3 rings (SSSR count). The fourth-order valence-electron chi connectivity index (χ4n) is 3.53. The molecule has 172 valence electrons. The lowest BCUT2D eigenvalue weighted by molar-refractivity contribution is -0.384. The molecule has 10 nitrogen and oxygen atoms in total. The van der Waals surface area contributed by atoms with Crippen LogP contribution in [0.3, 0.4) is 0 Å². The first-order chi connectivity index (χ1) is 15.1. The van der Waals surface area contributed by atoms with Gasteiger partial charge in [-0.15, -0.1) is 0 Å². The summed E-state index contributed by atoms with van der Waals surface area (Å²) in [6.45, 7) is 5.41. The number of nitro groups is 1. The van der Waals surface area contributed by atoms with Crippen molar-refractivity contribution in [2.45, 2.75) is 24.8 Å². The van der Waals surface area contributed by atoms with Crippen molar-refractivity contribution in [1.29, 1.82) is 0 Å². The summed E-state index contributed by atoms with van der Waals surface area (Å²) in [5, 5.41) is 10.8. The minimum atomic E-state index is -3.85. The number of nitrogens with zero attached hydrogens (tertiary/aromatic N) is 3. The third-order valence-electron chi connectivity index (χ3n) is 5.08. The van der Waals surface area contributed by atoms with Gasteiger partial charge in [-0.2, -0.15) is 0 Å². The van der Waals surface area contributed by atoms with Gasteiger partial charge in [-0.05, 0) is 44.2 Å². The molecule has 0 atom stereocenters. The van der Waals surface area contributed by atoms with Gasteiger partial charge in [0, 0.05) is 55.6 Å². The molecular weight excluding hydrogens is 436 g/mol. The van der Waals surface area contributed by atoms with E-state index >= 15 is 0 Å². The van der Waals surface area contributed by atoms with Crippen molar-refractivity contribution >= 4 is 27.3 Å². The van der Waals surface area contributed by atoms with Gasteiger partial charge in [-0.3, -0.25) is 14.9 Å². The van der Waals surface area contributed by atoms with E-state index in [-0.39, 0.29) is 33.8 Å². The second-order valence-electron chi connectivity index (χ2n) is 7.69. The lowest BCUT2D eigenvalue weighted by Gasteiger charge is -2.36. The first kappa shape index (κ1) is 23.5. The molecule has 2 aromatic rings. The molecule has 0 saturated carbocycles. The number of amides is 1. The lowest BCUT2D eigenvalue weighted by Crippen LogP contribution is -2.48. The average molecular weight is 463 g/mol. The molecule has 1 heterocycles. The van der Waals surface area contributed by atoms with Gasteiger partial charge in [0.1, 0.15) is 10.6 Å². The average Bonchev–Trinajstić information content (AvgIpc) is 2.77. The molecule has 11 heteroatoms. The molecular formula is C21H26N4O6S. The Morgan fingerprint density at radius 2 is 1.72 bits per heavy atom. The summed E-state index contributed by atoms with van der Waals surface area (Å²) in [7, 11) is -2.47. The summed E-state index contributed by atoms with van der Waals surface area (Å²) in [6, 6.07) is 10.4. The van der Waals surface area contributed by atoms with Crippen LogP contribution in [0.4, 0.5) is 11.4 Å². The number of non-ortho nitro benzene ring substituents is 1. The zero-order chi connectivity index (χ0) is 23.5. The molecule has 32 heavy (non-hydrogen) atoms. The van der Waals surface area contributed by atoms with Crippen LogP contribution in [0.1, 0.15) is 24.2 Å². The van der Waals surface area contributed by atoms with Gasteiger partial charge in [-0.1, -0.05) is 0 Å². The minimum Gasteiger partial charge on any atom is -0.495 e. The predicted octanol–water partition coefficient (Wildman–Crippen LogP) is 2.25. The van der Waals surface area contributed by atoms with E-state index in [0.29, 0.717) is 26.2 Å². The molecule has 2 aromatic carbocycles. The zero-order valence-electron chi connectivity index (χ0n) is 18.1. The Kier molecular flexibility index (Phi) is 6.99. The number of benzene rings is 2. The smallest absolute Gasteiger partial charge is 0.269 e. The molecule has 0 bridgehead atoms. The van der Waals surface area contributed by atoms with Crippen molar-refractivity contribution in [3.05, 3.63) is 58.1 Å². The molecule has 0 unspecified atom stereocenters. The van der Waals surface area contributed by atoms with Crippen molar-refractivity contribution in [2.24, 2.45) is 0 Å². The highest BCUT2D eigenvalue weighted by Crippen LogP contribution is 2.26. The van der Waals surface area contributed by atoms with E-state index in [4.69, 9.17) is 4.74 Å². The number of piperazine rings is 1. The van der Waals surface area contributed by atoms with Crippen LogP contribution in [-0.2, 0) is 10.0 Å². The summed E-state index contributed by atoms with van der Waals surface area (Å²) in [5.41, 5.74) is 1.14. The van der Waals surface area contributed by atoms with Crippen LogP contribution < -0.4 is 14.4 Å². The zero-order valence-corrected chi connectivity index (χ0v) is 19.0. The fraction of sp³-hybridized carbons (Fsp3) is 0.381. The van der Waals surface area contributed by atoms with E-state index in [9.17, 15) is 23.3 Å². The monoisotopic (exact) mass is 462 g/mol. The Balaban J connectivity index is 1.73. The van der Waals surface area contributed by atoms with Gasteiger partial charge < -0.3 is 14.5 Å². The van der Waals surface area contributed by atoms with Gasteiger partial charge in [0.2, 0.25) is 10.0 Å².